The van der Waals surface area contributed by atoms with Crippen LogP contribution in [-0.4, -0.2) is 53.2 Å². The molecule has 160 valence electrons. The van der Waals surface area contributed by atoms with Crippen LogP contribution < -0.4 is 16.0 Å². The van der Waals surface area contributed by atoms with Crippen molar-refractivity contribution >= 4 is 23.6 Å². The molecule has 0 aliphatic carbocycles. The summed E-state index contributed by atoms with van der Waals surface area (Å²) in [6.45, 7) is 6.30. The summed E-state index contributed by atoms with van der Waals surface area (Å²) in [6.07, 6.45) is 2.56. The standard InChI is InChI=1S/C22H28N4O4/c1-22(2,15-7-9-23-10-8-15)25-19(28)13-3-4-14-12-26(21(30)16(14)11-13)17-5-6-18(27)24-20(17)29/h3-4,11,15,17,23H,5-10,12H2,1-2H3,(H,25,28)(H,24,27,29). The molecule has 4 rings (SSSR count). The predicted molar refractivity (Wildman–Crippen MR) is 110 cm³/mol. The van der Waals surface area contributed by atoms with Gasteiger partial charge in [0.1, 0.15) is 6.04 Å². The van der Waals surface area contributed by atoms with Crippen molar-refractivity contribution in [1.29, 1.82) is 0 Å². The van der Waals surface area contributed by atoms with Gasteiger partial charge in [-0.15, -0.1) is 0 Å². The van der Waals surface area contributed by atoms with Crippen molar-refractivity contribution in [1.82, 2.24) is 20.9 Å². The molecule has 0 saturated carbocycles. The van der Waals surface area contributed by atoms with Gasteiger partial charge in [0.05, 0.1) is 0 Å². The summed E-state index contributed by atoms with van der Waals surface area (Å²) in [6, 6.07) is 4.48. The molecule has 1 atom stereocenters. The van der Waals surface area contributed by atoms with Crippen LogP contribution in [0.15, 0.2) is 18.2 Å². The van der Waals surface area contributed by atoms with E-state index in [1.54, 1.807) is 18.2 Å². The van der Waals surface area contributed by atoms with E-state index in [0.717, 1.165) is 31.5 Å². The van der Waals surface area contributed by atoms with Crippen LogP contribution in [0.25, 0.3) is 0 Å². The van der Waals surface area contributed by atoms with Crippen molar-refractivity contribution < 1.29 is 19.2 Å². The Morgan fingerprint density at radius 2 is 1.87 bits per heavy atom. The summed E-state index contributed by atoms with van der Waals surface area (Å²) in [5.74, 6) is -0.827. The van der Waals surface area contributed by atoms with E-state index in [1.807, 2.05) is 13.8 Å². The molecule has 1 aromatic rings. The Hall–Kier alpha value is -2.74. The monoisotopic (exact) mass is 412 g/mol. The Kier molecular flexibility index (Phi) is 5.36. The number of amides is 4. The minimum atomic E-state index is -0.654. The second-order valence-electron chi connectivity index (χ2n) is 8.97. The first-order valence-electron chi connectivity index (χ1n) is 10.6. The topological polar surface area (TPSA) is 108 Å². The zero-order chi connectivity index (χ0) is 21.5. The molecule has 4 amide bonds. The van der Waals surface area contributed by atoms with Crippen LogP contribution in [0, 0.1) is 5.92 Å². The molecule has 3 heterocycles. The number of fused-ring (bicyclic) bond motifs is 1. The number of carbonyl (C=O) groups excluding carboxylic acids is 4. The van der Waals surface area contributed by atoms with Crippen molar-refractivity contribution in [3.63, 3.8) is 0 Å². The molecule has 0 aromatic heterocycles. The number of hydrogen-bond acceptors (Lipinski definition) is 5. The van der Waals surface area contributed by atoms with E-state index in [-0.39, 0.29) is 29.7 Å². The maximum Gasteiger partial charge on any atom is 0.255 e. The molecular formula is C22H28N4O4. The maximum atomic E-state index is 13.0. The highest BCUT2D eigenvalue weighted by molar-refractivity contribution is 6.06. The lowest BCUT2D eigenvalue weighted by molar-refractivity contribution is -0.136. The van der Waals surface area contributed by atoms with Crippen LogP contribution in [0.1, 0.15) is 65.8 Å². The van der Waals surface area contributed by atoms with Crippen LogP contribution in [0.5, 0.6) is 0 Å². The molecule has 1 unspecified atom stereocenters. The molecule has 0 radical (unpaired) electrons. The van der Waals surface area contributed by atoms with Crippen molar-refractivity contribution in [3.8, 4) is 0 Å². The SMILES string of the molecule is CC(C)(NC(=O)c1ccc2c(c1)C(=O)N(C1CCC(=O)NC1=O)C2)C1CCNCC1. The number of rotatable bonds is 4. The Balaban J connectivity index is 1.48. The van der Waals surface area contributed by atoms with Gasteiger partial charge in [-0.3, -0.25) is 24.5 Å². The summed E-state index contributed by atoms with van der Waals surface area (Å²) in [4.78, 5) is 50.9. The lowest BCUT2D eigenvalue weighted by Gasteiger charge is -2.38. The Morgan fingerprint density at radius 3 is 2.57 bits per heavy atom. The average Bonchev–Trinajstić information content (AvgIpc) is 3.04. The minimum absolute atomic E-state index is 0.200. The van der Waals surface area contributed by atoms with Crippen molar-refractivity contribution in [2.24, 2.45) is 5.92 Å². The summed E-state index contributed by atoms with van der Waals surface area (Å²) in [5, 5.41) is 8.78. The van der Waals surface area contributed by atoms with Crippen LogP contribution in [0.4, 0.5) is 0 Å². The lowest BCUT2D eigenvalue weighted by Crippen LogP contribution is -2.52. The highest BCUT2D eigenvalue weighted by Crippen LogP contribution is 2.29. The zero-order valence-electron chi connectivity index (χ0n) is 17.4. The van der Waals surface area contributed by atoms with Crippen LogP contribution in [0.3, 0.4) is 0 Å². The first-order valence-corrected chi connectivity index (χ1v) is 10.6. The van der Waals surface area contributed by atoms with Gasteiger partial charge in [-0.25, -0.2) is 0 Å². The normalized spacial score (nSPS) is 22.7. The fourth-order valence-electron chi connectivity index (χ4n) is 4.71. The minimum Gasteiger partial charge on any atom is -0.347 e. The molecule has 0 bridgehead atoms. The molecule has 3 N–H and O–H groups in total. The van der Waals surface area contributed by atoms with Gasteiger partial charge in [0.25, 0.3) is 11.8 Å². The highest BCUT2D eigenvalue weighted by Gasteiger charge is 2.39. The smallest absolute Gasteiger partial charge is 0.255 e. The van der Waals surface area contributed by atoms with Crippen LogP contribution in [-0.2, 0) is 16.1 Å². The number of nitrogens with one attached hydrogen (secondary N) is 3. The van der Waals surface area contributed by atoms with Crippen LogP contribution in [0.2, 0.25) is 0 Å². The molecule has 3 aliphatic rings. The van der Waals surface area contributed by atoms with E-state index in [2.05, 4.69) is 16.0 Å². The average molecular weight is 412 g/mol. The third-order valence-corrected chi connectivity index (χ3v) is 6.59. The predicted octanol–water partition coefficient (Wildman–Crippen LogP) is 0.956. The van der Waals surface area contributed by atoms with E-state index in [0.29, 0.717) is 30.0 Å². The number of hydrogen-bond donors (Lipinski definition) is 3. The molecule has 30 heavy (non-hydrogen) atoms. The number of imide groups is 1. The van der Waals surface area contributed by atoms with Gasteiger partial charge in [-0.2, -0.15) is 0 Å². The van der Waals surface area contributed by atoms with Gasteiger partial charge < -0.3 is 15.5 Å². The molecule has 2 saturated heterocycles. The Bertz CT molecular complexity index is 904. The van der Waals surface area contributed by atoms with Gasteiger partial charge in [0.2, 0.25) is 11.8 Å². The maximum absolute atomic E-state index is 13.0. The summed E-state index contributed by atoms with van der Waals surface area (Å²) < 4.78 is 0. The van der Waals surface area contributed by atoms with Crippen molar-refractivity contribution in [3.05, 3.63) is 34.9 Å². The first kappa shape index (κ1) is 20.5. The van der Waals surface area contributed by atoms with Gasteiger partial charge >= 0.3 is 0 Å². The molecule has 0 spiro atoms. The van der Waals surface area contributed by atoms with E-state index in [4.69, 9.17) is 0 Å². The highest BCUT2D eigenvalue weighted by atomic mass is 16.2. The third kappa shape index (κ3) is 3.84. The summed E-state index contributed by atoms with van der Waals surface area (Å²) in [5.41, 5.74) is 1.33. The van der Waals surface area contributed by atoms with Crippen molar-refractivity contribution in [2.45, 2.75) is 57.7 Å². The quantitative estimate of drug-likeness (QED) is 0.639. The number of nitrogens with zero attached hydrogens (tertiary/aromatic N) is 1. The number of benzene rings is 1. The Morgan fingerprint density at radius 1 is 1.13 bits per heavy atom. The number of carbonyl (C=O) groups is 4. The lowest BCUT2D eigenvalue weighted by atomic mass is 9.80. The van der Waals surface area contributed by atoms with Crippen LogP contribution >= 0.6 is 0 Å². The van der Waals surface area contributed by atoms with Gasteiger partial charge in [-0.1, -0.05) is 6.07 Å². The Labute approximate surface area is 175 Å². The van der Waals surface area contributed by atoms with E-state index in [1.165, 1.54) is 4.90 Å². The molecule has 3 aliphatic heterocycles. The number of piperidine rings is 2. The second kappa shape index (κ2) is 7.83. The first-order chi connectivity index (χ1) is 14.3. The van der Waals surface area contributed by atoms with Gasteiger partial charge in [0, 0.05) is 29.6 Å². The van der Waals surface area contributed by atoms with Gasteiger partial charge in [0.15, 0.2) is 0 Å². The largest absolute Gasteiger partial charge is 0.347 e. The third-order valence-electron chi connectivity index (χ3n) is 6.59. The zero-order valence-corrected chi connectivity index (χ0v) is 17.4. The summed E-state index contributed by atoms with van der Waals surface area (Å²) in [7, 11) is 0. The molecule has 8 nitrogen and oxygen atoms in total. The molecular weight excluding hydrogens is 384 g/mol. The molecule has 2 fully saturated rings. The van der Waals surface area contributed by atoms with E-state index >= 15 is 0 Å². The fraction of sp³-hybridized carbons (Fsp3) is 0.545. The van der Waals surface area contributed by atoms with Crippen molar-refractivity contribution in [2.75, 3.05) is 13.1 Å². The molecule has 1 aromatic carbocycles. The van der Waals surface area contributed by atoms with E-state index < -0.39 is 11.9 Å². The second-order valence-corrected chi connectivity index (χ2v) is 8.97. The van der Waals surface area contributed by atoms with Gasteiger partial charge in [-0.05, 0) is 69.8 Å². The molecule has 8 heteroatoms. The summed E-state index contributed by atoms with van der Waals surface area (Å²) >= 11 is 0. The fourth-order valence-corrected chi connectivity index (χ4v) is 4.71. The van der Waals surface area contributed by atoms with E-state index in [9.17, 15) is 19.2 Å².